The zero-order valence-electron chi connectivity index (χ0n) is 17.7. The molecular weight excluding hydrogens is 385 g/mol. The molecule has 1 N–H and O–H groups in total. The predicted molar refractivity (Wildman–Crippen MR) is 115 cm³/mol. The molecule has 2 amide bonds. The third-order valence-corrected chi connectivity index (χ3v) is 5.05. The van der Waals surface area contributed by atoms with E-state index in [-0.39, 0.29) is 30.2 Å². The molecule has 0 spiro atoms. The third-order valence-electron chi connectivity index (χ3n) is 5.05. The number of carbonyl (C=O) groups is 2. The molecule has 1 aliphatic rings. The number of amides is 2. The molecule has 0 radical (unpaired) electrons. The lowest BCUT2D eigenvalue weighted by Crippen LogP contribution is -2.33. The maximum absolute atomic E-state index is 13.3. The molecule has 0 aliphatic heterocycles. The van der Waals surface area contributed by atoms with Crippen LogP contribution in [0, 0.1) is 11.7 Å². The van der Waals surface area contributed by atoms with Crippen LogP contribution in [0.3, 0.4) is 0 Å². The first-order chi connectivity index (χ1) is 14.4. The summed E-state index contributed by atoms with van der Waals surface area (Å²) in [4.78, 5) is 28.5. The molecule has 0 aromatic heterocycles. The van der Waals surface area contributed by atoms with Crippen LogP contribution in [-0.4, -0.2) is 44.5 Å². The molecule has 1 saturated carbocycles. The number of rotatable bonds is 9. The van der Waals surface area contributed by atoms with Gasteiger partial charge in [0.15, 0.2) is 0 Å². The first kappa shape index (κ1) is 21.8. The van der Waals surface area contributed by atoms with Gasteiger partial charge in [-0.3, -0.25) is 9.59 Å². The van der Waals surface area contributed by atoms with Crippen LogP contribution in [0.4, 0.5) is 15.8 Å². The number of ether oxygens (including phenoxy) is 1. The minimum atomic E-state index is -0.317. The lowest BCUT2D eigenvalue weighted by atomic mass is 10.1. The number of methoxy groups -OCH3 is 1. The van der Waals surface area contributed by atoms with Gasteiger partial charge in [-0.1, -0.05) is 12.1 Å². The van der Waals surface area contributed by atoms with Crippen molar-refractivity contribution < 1.29 is 18.7 Å². The SMILES string of the molecule is COCC(=O)N(Cc1ccc(F)cc1)Cc1cc(NC(=O)C2CC2)ccc1N(C)C. The van der Waals surface area contributed by atoms with Crippen LogP contribution in [0.1, 0.15) is 24.0 Å². The van der Waals surface area contributed by atoms with Crippen LogP contribution in [0.5, 0.6) is 0 Å². The number of anilines is 2. The smallest absolute Gasteiger partial charge is 0.249 e. The van der Waals surface area contributed by atoms with E-state index in [4.69, 9.17) is 4.74 Å². The average Bonchev–Trinajstić information content (AvgIpc) is 3.54. The van der Waals surface area contributed by atoms with Gasteiger partial charge in [0.2, 0.25) is 11.8 Å². The quantitative estimate of drug-likeness (QED) is 0.684. The summed E-state index contributed by atoms with van der Waals surface area (Å²) in [7, 11) is 5.35. The molecule has 7 heteroatoms. The minimum Gasteiger partial charge on any atom is -0.377 e. The second-order valence-electron chi connectivity index (χ2n) is 7.81. The van der Waals surface area contributed by atoms with Gasteiger partial charge in [-0.25, -0.2) is 4.39 Å². The Bertz CT molecular complexity index is 895. The van der Waals surface area contributed by atoms with Gasteiger partial charge < -0.3 is 19.9 Å². The number of hydrogen-bond acceptors (Lipinski definition) is 4. The van der Waals surface area contributed by atoms with Crippen molar-refractivity contribution in [2.45, 2.75) is 25.9 Å². The summed E-state index contributed by atoms with van der Waals surface area (Å²) in [5.41, 5.74) is 3.40. The molecule has 0 saturated heterocycles. The molecule has 0 heterocycles. The topological polar surface area (TPSA) is 61.9 Å². The van der Waals surface area contributed by atoms with Gasteiger partial charge in [-0.2, -0.15) is 0 Å². The van der Waals surface area contributed by atoms with Crippen molar-refractivity contribution >= 4 is 23.2 Å². The Morgan fingerprint density at radius 3 is 2.40 bits per heavy atom. The number of nitrogens with zero attached hydrogens (tertiary/aromatic N) is 2. The van der Waals surface area contributed by atoms with Crippen molar-refractivity contribution in [2.75, 3.05) is 38.0 Å². The molecule has 0 unspecified atom stereocenters. The van der Waals surface area contributed by atoms with Crippen molar-refractivity contribution in [3.63, 3.8) is 0 Å². The maximum atomic E-state index is 13.3. The molecule has 1 aliphatic carbocycles. The van der Waals surface area contributed by atoms with E-state index in [1.807, 2.05) is 37.2 Å². The van der Waals surface area contributed by atoms with E-state index in [1.165, 1.54) is 19.2 Å². The Balaban J connectivity index is 1.85. The van der Waals surface area contributed by atoms with E-state index in [0.717, 1.165) is 29.7 Å². The van der Waals surface area contributed by atoms with Crippen molar-refractivity contribution in [1.29, 1.82) is 0 Å². The lowest BCUT2D eigenvalue weighted by Gasteiger charge is -2.26. The fourth-order valence-electron chi connectivity index (χ4n) is 3.28. The zero-order chi connectivity index (χ0) is 21.7. The monoisotopic (exact) mass is 413 g/mol. The molecule has 6 nitrogen and oxygen atoms in total. The fraction of sp³-hybridized carbons (Fsp3) is 0.391. The van der Waals surface area contributed by atoms with Gasteiger partial charge in [0.25, 0.3) is 0 Å². The van der Waals surface area contributed by atoms with E-state index < -0.39 is 0 Å². The number of nitrogens with one attached hydrogen (secondary N) is 1. The van der Waals surface area contributed by atoms with Gasteiger partial charge >= 0.3 is 0 Å². The number of benzene rings is 2. The van der Waals surface area contributed by atoms with Crippen molar-refractivity contribution in [2.24, 2.45) is 5.92 Å². The van der Waals surface area contributed by atoms with Crippen molar-refractivity contribution in [3.05, 3.63) is 59.4 Å². The van der Waals surface area contributed by atoms with Crippen LogP contribution in [0.2, 0.25) is 0 Å². The Morgan fingerprint density at radius 2 is 1.80 bits per heavy atom. The highest BCUT2D eigenvalue weighted by Gasteiger charge is 2.29. The summed E-state index contributed by atoms with van der Waals surface area (Å²) in [5.74, 6) is -0.334. The highest BCUT2D eigenvalue weighted by atomic mass is 19.1. The second-order valence-corrected chi connectivity index (χ2v) is 7.81. The minimum absolute atomic E-state index is 0.0391. The molecule has 30 heavy (non-hydrogen) atoms. The first-order valence-corrected chi connectivity index (χ1v) is 9.99. The Hall–Kier alpha value is -2.93. The fourth-order valence-corrected chi connectivity index (χ4v) is 3.28. The second kappa shape index (κ2) is 9.71. The normalized spacial score (nSPS) is 13.1. The molecule has 1 fully saturated rings. The standard InChI is InChI=1S/C23H28FN3O3/c1-26(2)21-11-10-20(25-23(29)17-6-7-17)12-18(21)14-27(22(28)15-30-3)13-16-4-8-19(24)9-5-16/h4-5,8-12,17H,6-7,13-15H2,1-3H3,(H,25,29). The molecule has 0 atom stereocenters. The molecule has 2 aromatic rings. The van der Waals surface area contributed by atoms with Gasteiger partial charge in [0.05, 0.1) is 0 Å². The average molecular weight is 413 g/mol. The van der Waals surface area contributed by atoms with E-state index in [9.17, 15) is 14.0 Å². The summed E-state index contributed by atoms with van der Waals surface area (Å²) in [6.07, 6.45) is 1.87. The van der Waals surface area contributed by atoms with Gasteiger partial charge in [-0.05, 0) is 54.3 Å². The highest BCUT2D eigenvalue weighted by molar-refractivity contribution is 5.94. The number of carbonyl (C=O) groups excluding carboxylic acids is 2. The molecule has 2 aromatic carbocycles. The summed E-state index contributed by atoms with van der Waals surface area (Å²) in [6.45, 7) is 0.616. The van der Waals surface area contributed by atoms with Crippen molar-refractivity contribution in [3.8, 4) is 0 Å². The van der Waals surface area contributed by atoms with Crippen LogP contribution < -0.4 is 10.2 Å². The van der Waals surface area contributed by atoms with Gasteiger partial charge in [0.1, 0.15) is 12.4 Å². The summed E-state index contributed by atoms with van der Waals surface area (Å²) in [6, 6.07) is 11.8. The van der Waals surface area contributed by atoms with E-state index in [2.05, 4.69) is 5.32 Å². The van der Waals surface area contributed by atoms with Crippen molar-refractivity contribution in [1.82, 2.24) is 4.90 Å². The molecule has 0 bridgehead atoms. The summed E-state index contributed by atoms with van der Waals surface area (Å²) in [5, 5.41) is 2.97. The Labute approximate surface area is 176 Å². The molecule has 160 valence electrons. The lowest BCUT2D eigenvalue weighted by molar-refractivity contribution is -0.136. The first-order valence-electron chi connectivity index (χ1n) is 9.99. The number of halogens is 1. The van der Waals surface area contributed by atoms with Crippen LogP contribution in [-0.2, 0) is 27.4 Å². The Morgan fingerprint density at radius 1 is 1.10 bits per heavy atom. The van der Waals surface area contributed by atoms with E-state index >= 15 is 0 Å². The van der Waals surface area contributed by atoms with Crippen LogP contribution in [0.25, 0.3) is 0 Å². The zero-order valence-corrected chi connectivity index (χ0v) is 17.7. The maximum Gasteiger partial charge on any atom is 0.249 e. The predicted octanol–water partition coefficient (Wildman–Crippen LogP) is 3.42. The third kappa shape index (κ3) is 5.79. The number of hydrogen-bond donors (Lipinski definition) is 1. The van der Waals surface area contributed by atoms with Gasteiger partial charge in [-0.15, -0.1) is 0 Å². The Kier molecular flexibility index (Phi) is 7.05. The molecular formula is C23H28FN3O3. The summed E-state index contributed by atoms with van der Waals surface area (Å²) < 4.78 is 18.3. The van der Waals surface area contributed by atoms with Gasteiger partial charge in [0, 0.05) is 51.6 Å². The van der Waals surface area contributed by atoms with E-state index in [0.29, 0.717) is 18.8 Å². The van der Waals surface area contributed by atoms with E-state index in [1.54, 1.807) is 17.0 Å². The highest BCUT2D eigenvalue weighted by Crippen LogP contribution is 2.31. The summed E-state index contributed by atoms with van der Waals surface area (Å²) >= 11 is 0. The molecule has 3 rings (SSSR count). The van der Waals surface area contributed by atoms with Crippen LogP contribution in [0.15, 0.2) is 42.5 Å². The van der Waals surface area contributed by atoms with Crippen LogP contribution >= 0.6 is 0 Å². The largest absolute Gasteiger partial charge is 0.377 e.